The molecule has 0 unspecified atom stereocenters. The number of aromatic amines is 1. The largest absolute Gasteiger partial charge is 0.495 e. The molecule has 0 aliphatic heterocycles. The number of ether oxygens (including phenoxy) is 1. The molecule has 0 saturated heterocycles. The molecular formula is C12H13N3OS. The average Bonchev–Trinajstić information content (AvgIpc) is 2.38. The van der Waals surface area contributed by atoms with E-state index in [1.165, 1.54) is 0 Å². The minimum Gasteiger partial charge on any atom is -0.495 e. The Morgan fingerprint density at radius 2 is 2.18 bits per heavy atom. The number of pyridine rings is 1. The monoisotopic (exact) mass is 247 g/mol. The van der Waals surface area contributed by atoms with Crippen LogP contribution in [0.15, 0.2) is 24.5 Å². The van der Waals surface area contributed by atoms with Gasteiger partial charge in [0.05, 0.1) is 19.0 Å². The number of aromatic nitrogens is 3. The molecule has 0 aromatic carbocycles. The zero-order chi connectivity index (χ0) is 12.3. The second-order valence-corrected chi connectivity index (χ2v) is 3.97. The number of hydrogen-bond acceptors (Lipinski definition) is 4. The van der Waals surface area contributed by atoms with Crippen LogP contribution in [0.2, 0.25) is 0 Å². The van der Waals surface area contributed by atoms with E-state index in [0.29, 0.717) is 4.64 Å². The molecule has 2 rings (SSSR count). The van der Waals surface area contributed by atoms with Crippen LogP contribution < -0.4 is 4.74 Å². The number of hydrogen-bond donors (Lipinski definition) is 1. The van der Waals surface area contributed by atoms with Gasteiger partial charge in [-0.1, -0.05) is 19.1 Å². The summed E-state index contributed by atoms with van der Waals surface area (Å²) < 4.78 is 5.73. The van der Waals surface area contributed by atoms with Crippen LogP contribution in [-0.4, -0.2) is 22.1 Å². The number of nitrogens with zero attached hydrogens (tertiary/aromatic N) is 2. The summed E-state index contributed by atoms with van der Waals surface area (Å²) in [5.74, 6) is 1.59. The molecule has 17 heavy (non-hydrogen) atoms. The van der Waals surface area contributed by atoms with Crippen molar-refractivity contribution in [3.05, 3.63) is 35.0 Å². The fourth-order valence-corrected chi connectivity index (χ4v) is 1.74. The van der Waals surface area contributed by atoms with Gasteiger partial charge in [-0.15, -0.1) is 0 Å². The minimum atomic E-state index is 0.582. The van der Waals surface area contributed by atoms with Crippen LogP contribution in [0.4, 0.5) is 0 Å². The first-order chi connectivity index (χ1) is 8.22. The van der Waals surface area contributed by atoms with Crippen LogP contribution in [0.1, 0.15) is 12.7 Å². The Morgan fingerprint density at radius 3 is 2.88 bits per heavy atom. The summed E-state index contributed by atoms with van der Waals surface area (Å²) in [6.45, 7) is 2.03. The Balaban J connectivity index is 2.51. The average molecular weight is 247 g/mol. The first kappa shape index (κ1) is 11.7. The number of H-pyrrole nitrogens is 1. The predicted octanol–water partition coefficient (Wildman–Crippen LogP) is 2.77. The Bertz CT molecular complexity index is 580. The molecule has 0 aliphatic carbocycles. The fourth-order valence-electron chi connectivity index (χ4n) is 1.51. The summed E-state index contributed by atoms with van der Waals surface area (Å²) >= 11 is 5.13. The van der Waals surface area contributed by atoms with Crippen LogP contribution in [0.5, 0.6) is 5.75 Å². The van der Waals surface area contributed by atoms with Crippen molar-refractivity contribution >= 4 is 12.2 Å². The van der Waals surface area contributed by atoms with Crippen LogP contribution in [0.25, 0.3) is 11.3 Å². The first-order valence-electron chi connectivity index (χ1n) is 5.32. The summed E-state index contributed by atoms with van der Waals surface area (Å²) in [6.07, 6.45) is 4.25. The second-order valence-electron chi connectivity index (χ2n) is 3.55. The van der Waals surface area contributed by atoms with E-state index in [2.05, 4.69) is 15.0 Å². The van der Waals surface area contributed by atoms with Crippen LogP contribution in [0, 0.1) is 4.64 Å². The van der Waals surface area contributed by atoms with Crippen molar-refractivity contribution in [2.45, 2.75) is 13.3 Å². The fraction of sp³-hybridized carbons (Fsp3) is 0.250. The van der Waals surface area contributed by atoms with Gasteiger partial charge in [-0.05, 0) is 12.1 Å². The van der Waals surface area contributed by atoms with Crippen LogP contribution in [-0.2, 0) is 6.42 Å². The summed E-state index contributed by atoms with van der Waals surface area (Å²) in [4.78, 5) is 11.6. The normalized spacial score (nSPS) is 10.2. The minimum absolute atomic E-state index is 0.582. The van der Waals surface area contributed by atoms with E-state index < -0.39 is 0 Å². The van der Waals surface area contributed by atoms with Gasteiger partial charge in [-0.3, -0.25) is 4.98 Å². The van der Waals surface area contributed by atoms with Gasteiger partial charge in [0.2, 0.25) is 0 Å². The molecule has 88 valence electrons. The lowest BCUT2D eigenvalue weighted by atomic mass is 10.2. The molecule has 2 aromatic heterocycles. The lowest BCUT2D eigenvalue weighted by Crippen LogP contribution is -1.96. The molecule has 0 atom stereocenters. The summed E-state index contributed by atoms with van der Waals surface area (Å²) in [5, 5.41) is 0. The Kier molecular flexibility index (Phi) is 3.49. The first-order valence-corrected chi connectivity index (χ1v) is 5.73. The molecule has 0 spiro atoms. The number of methoxy groups -OCH3 is 1. The molecule has 0 amide bonds. The molecule has 1 N–H and O–H groups in total. The van der Waals surface area contributed by atoms with E-state index >= 15 is 0 Å². The van der Waals surface area contributed by atoms with Crippen molar-refractivity contribution in [3.63, 3.8) is 0 Å². The van der Waals surface area contributed by atoms with Crippen LogP contribution >= 0.6 is 12.2 Å². The molecule has 0 radical (unpaired) electrons. The maximum atomic E-state index is 5.15. The van der Waals surface area contributed by atoms with Gasteiger partial charge in [0.25, 0.3) is 0 Å². The molecule has 4 nitrogen and oxygen atoms in total. The highest BCUT2D eigenvalue weighted by atomic mass is 32.1. The van der Waals surface area contributed by atoms with E-state index in [4.69, 9.17) is 17.0 Å². The van der Waals surface area contributed by atoms with Gasteiger partial charge in [0, 0.05) is 18.2 Å². The molecule has 0 fully saturated rings. The van der Waals surface area contributed by atoms with E-state index in [0.717, 1.165) is 29.3 Å². The maximum Gasteiger partial charge on any atom is 0.137 e. The SMILES string of the molecule is CCc1nc(=S)cc(-c2cncc(OC)c2)[nH]1. The molecule has 0 bridgehead atoms. The summed E-state index contributed by atoms with van der Waals surface area (Å²) in [6, 6.07) is 3.73. The van der Waals surface area contributed by atoms with Crippen molar-refractivity contribution in [1.29, 1.82) is 0 Å². The lowest BCUT2D eigenvalue weighted by molar-refractivity contribution is 0.413. The highest BCUT2D eigenvalue weighted by Gasteiger charge is 2.03. The third-order valence-corrected chi connectivity index (χ3v) is 2.60. The quantitative estimate of drug-likeness (QED) is 0.847. The Morgan fingerprint density at radius 1 is 1.35 bits per heavy atom. The van der Waals surface area contributed by atoms with Crippen molar-refractivity contribution in [2.75, 3.05) is 7.11 Å². The third-order valence-electron chi connectivity index (χ3n) is 2.39. The second kappa shape index (κ2) is 5.05. The topological polar surface area (TPSA) is 50.8 Å². The zero-order valence-corrected chi connectivity index (χ0v) is 10.5. The maximum absolute atomic E-state index is 5.15. The molecule has 0 saturated carbocycles. The van der Waals surface area contributed by atoms with Gasteiger partial charge in [0.1, 0.15) is 16.2 Å². The lowest BCUT2D eigenvalue weighted by Gasteiger charge is -2.06. The van der Waals surface area contributed by atoms with E-state index in [1.54, 1.807) is 19.5 Å². The number of nitrogens with one attached hydrogen (secondary N) is 1. The Labute approximate surface area is 105 Å². The van der Waals surface area contributed by atoms with Gasteiger partial charge >= 0.3 is 0 Å². The Hall–Kier alpha value is -1.75. The van der Waals surface area contributed by atoms with E-state index in [-0.39, 0.29) is 0 Å². The van der Waals surface area contributed by atoms with Gasteiger partial charge in [0.15, 0.2) is 0 Å². The van der Waals surface area contributed by atoms with Gasteiger partial charge in [-0.2, -0.15) is 0 Å². The van der Waals surface area contributed by atoms with Gasteiger partial charge < -0.3 is 9.72 Å². The molecule has 2 aromatic rings. The predicted molar refractivity (Wildman–Crippen MR) is 68.6 cm³/mol. The van der Waals surface area contributed by atoms with Gasteiger partial charge in [-0.25, -0.2) is 4.98 Å². The number of aryl methyl sites for hydroxylation is 1. The zero-order valence-electron chi connectivity index (χ0n) is 9.73. The number of rotatable bonds is 3. The smallest absolute Gasteiger partial charge is 0.137 e. The molecule has 5 heteroatoms. The third kappa shape index (κ3) is 2.68. The highest BCUT2D eigenvalue weighted by molar-refractivity contribution is 7.71. The molecular weight excluding hydrogens is 234 g/mol. The highest BCUT2D eigenvalue weighted by Crippen LogP contribution is 2.20. The summed E-state index contributed by atoms with van der Waals surface area (Å²) in [7, 11) is 1.62. The van der Waals surface area contributed by atoms with Crippen molar-refractivity contribution < 1.29 is 4.74 Å². The molecule has 0 aliphatic rings. The van der Waals surface area contributed by atoms with Crippen molar-refractivity contribution in [2.24, 2.45) is 0 Å². The van der Waals surface area contributed by atoms with E-state index in [1.807, 2.05) is 19.1 Å². The van der Waals surface area contributed by atoms with Crippen molar-refractivity contribution in [1.82, 2.24) is 15.0 Å². The molecule has 2 heterocycles. The van der Waals surface area contributed by atoms with Crippen LogP contribution in [0.3, 0.4) is 0 Å². The van der Waals surface area contributed by atoms with E-state index in [9.17, 15) is 0 Å². The van der Waals surface area contributed by atoms with Crippen molar-refractivity contribution in [3.8, 4) is 17.0 Å². The standard InChI is InChI=1S/C12H13N3OS/c1-3-11-14-10(5-12(17)15-11)8-4-9(16-2)7-13-6-8/h4-7H,3H2,1-2H3,(H,14,15,17). The summed E-state index contributed by atoms with van der Waals surface area (Å²) in [5.41, 5.74) is 1.85.